The zero-order valence-electron chi connectivity index (χ0n) is 6.80. The molecule has 11 heavy (non-hydrogen) atoms. The highest BCUT2D eigenvalue weighted by Crippen LogP contribution is 2.18. The van der Waals surface area contributed by atoms with Gasteiger partial charge in [-0.05, 0) is 32.4 Å². The summed E-state index contributed by atoms with van der Waals surface area (Å²) in [5.41, 5.74) is 1.42. The Hall–Kier alpha value is -0.920. The molecule has 0 spiro atoms. The van der Waals surface area contributed by atoms with Gasteiger partial charge in [-0.3, -0.25) is 0 Å². The Balaban J connectivity index is 0.000000292. The van der Waals surface area contributed by atoms with Gasteiger partial charge < -0.3 is 0 Å². The maximum absolute atomic E-state index is 8.12. The summed E-state index contributed by atoms with van der Waals surface area (Å²) in [6.07, 6.45) is 0.250. The summed E-state index contributed by atoms with van der Waals surface area (Å²) in [4.78, 5) is 19.1. The van der Waals surface area contributed by atoms with E-state index in [0.29, 0.717) is 0 Å². The maximum atomic E-state index is 8.12. The fraction of sp³-hybridized carbons (Fsp3) is 0.375. The molecule has 0 aromatic carbocycles. The molecular weight excluding hydrogens is 160 g/mol. The van der Waals surface area contributed by atoms with Crippen molar-refractivity contribution in [3.63, 3.8) is 0 Å². The van der Waals surface area contributed by atoms with E-state index in [-0.39, 0.29) is 6.15 Å². The Morgan fingerprint density at radius 2 is 1.73 bits per heavy atom. The van der Waals surface area contributed by atoms with Crippen molar-refractivity contribution in [1.82, 2.24) is 0 Å². The first kappa shape index (κ1) is 10.1. The highest BCUT2D eigenvalue weighted by Gasteiger charge is 1.93. The quantitative estimate of drug-likeness (QED) is 0.597. The van der Waals surface area contributed by atoms with E-state index in [4.69, 9.17) is 9.59 Å². The summed E-state index contributed by atoms with van der Waals surface area (Å²) in [5, 5.41) is 0. The molecular formula is C8H10O2S. The van der Waals surface area contributed by atoms with Gasteiger partial charge in [-0.15, -0.1) is 11.3 Å². The molecule has 0 aliphatic rings. The zero-order chi connectivity index (χ0) is 8.85. The van der Waals surface area contributed by atoms with Gasteiger partial charge in [-0.2, -0.15) is 9.59 Å². The third-order valence-electron chi connectivity index (χ3n) is 1.29. The van der Waals surface area contributed by atoms with E-state index >= 15 is 0 Å². The van der Waals surface area contributed by atoms with E-state index < -0.39 is 0 Å². The molecule has 0 amide bonds. The molecule has 0 unspecified atom stereocenters. The Kier molecular flexibility index (Phi) is 4.42. The standard InChI is InChI=1S/C7H10S.CO2/c1-5-4-6(2)8-7(5)3;2-1-3/h4H,1-3H3;. The summed E-state index contributed by atoms with van der Waals surface area (Å²) < 4.78 is 0. The smallest absolute Gasteiger partial charge is 0.186 e. The molecule has 0 fully saturated rings. The summed E-state index contributed by atoms with van der Waals surface area (Å²) in [6, 6.07) is 2.22. The van der Waals surface area contributed by atoms with Gasteiger partial charge in [0.25, 0.3) is 0 Å². The Morgan fingerprint density at radius 3 is 1.82 bits per heavy atom. The van der Waals surface area contributed by atoms with Crippen LogP contribution in [-0.4, -0.2) is 6.15 Å². The van der Waals surface area contributed by atoms with Gasteiger partial charge in [0.05, 0.1) is 0 Å². The molecule has 0 radical (unpaired) electrons. The van der Waals surface area contributed by atoms with Gasteiger partial charge in [0.2, 0.25) is 0 Å². The van der Waals surface area contributed by atoms with Crippen LogP contribution in [0.1, 0.15) is 15.3 Å². The average molecular weight is 170 g/mol. The first-order chi connectivity index (χ1) is 5.11. The fourth-order valence-corrected chi connectivity index (χ4v) is 1.70. The molecule has 1 heterocycles. The number of thiophene rings is 1. The zero-order valence-corrected chi connectivity index (χ0v) is 7.62. The third-order valence-corrected chi connectivity index (χ3v) is 2.36. The normalized spacial score (nSPS) is 7.91. The van der Waals surface area contributed by atoms with Crippen LogP contribution >= 0.6 is 11.3 Å². The number of rotatable bonds is 0. The lowest BCUT2D eigenvalue weighted by molar-refractivity contribution is -0.191. The first-order valence-corrected chi connectivity index (χ1v) is 3.96. The van der Waals surface area contributed by atoms with Crippen molar-refractivity contribution in [2.24, 2.45) is 0 Å². The van der Waals surface area contributed by atoms with Crippen molar-refractivity contribution < 1.29 is 9.59 Å². The fourth-order valence-electron chi connectivity index (χ4n) is 0.758. The van der Waals surface area contributed by atoms with Crippen LogP contribution in [0.3, 0.4) is 0 Å². The van der Waals surface area contributed by atoms with E-state index in [9.17, 15) is 0 Å². The largest absolute Gasteiger partial charge is 0.373 e. The summed E-state index contributed by atoms with van der Waals surface area (Å²) in [6.45, 7) is 6.45. The lowest BCUT2D eigenvalue weighted by Crippen LogP contribution is -1.62. The van der Waals surface area contributed by atoms with Gasteiger partial charge in [-0.25, -0.2) is 0 Å². The Labute approximate surface area is 69.9 Å². The molecule has 0 bridgehead atoms. The molecule has 60 valence electrons. The highest BCUT2D eigenvalue weighted by molar-refractivity contribution is 7.12. The van der Waals surface area contributed by atoms with Gasteiger partial charge in [-0.1, -0.05) is 0 Å². The molecule has 0 aliphatic heterocycles. The molecule has 2 nitrogen and oxygen atoms in total. The molecule has 1 aromatic rings. The van der Waals surface area contributed by atoms with Gasteiger partial charge in [0, 0.05) is 9.75 Å². The van der Waals surface area contributed by atoms with Crippen molar-refractivity contribution in [2.45, 2.75) is 20.8 Å². The van der Waals surface area contributed by atoms with E-state index in [1.54, 1.807) is 0 Å². The second-order valence-electron chi connectivity index (χ2n) is 2.18. The minimum absolute atomic E-state index is 0.250. The van der Waals surface area contributed by atoms with Crippen molar-refractivity contribution in [3.8, 4) is 0 Å². The molecule has 1 rings (SSSR count). The molecule has 0 aliphatic carbocycles. The van der Waals surface area contributed by atoms with E-state index in [0.717, 1.165) is 0 Å². The minimum Gasteiger partial charge on any atom is -0.186 e. The number of carbonyl (C=O) groups excluding carboxylic acids is 2. The van der Waals surface area contributed by atoms with Crippen LogP contribution in [0.4, 0.5) is 0 Å². The SMILES string of the molecule is Cc1cc(C)c(C)s1.O=C=O. The van der Waals surface area contributed by atoms with Crippen LogP contribution in [0, 0.1) is 20.8 Å². The van der Waals surface area contributed by atoms with Gasteiger partial charge in [0.1, 0.15) is 0 Å². The maximum Gasteiger partial charge on any atom is 0.373 e. The third kappa shape index (κ3) is 3.71. The van der Waals surface area contributed by atoms with Crippen LogP contribution in [0.25, 0.3) is 0 Å². The number of aryl methyl sites for hydroxylation is 3. The monoisotopic (exact) mass is 170 g/mol. The van der Waals surface area contributed by atoms with Crippen LogP contribution in [-0.2, 0) is 9.59 Å². The molecule has 0 atom stereocenters. The minimum atomic E-state index is 0.250. The number of hydrogen-bond acceptors (Lipinski definition) is 3. The number of hydrogen-bond donors (Lipinski definition) is 0. The van der Waals surface area contributed by atoms with Crippen LogP contribution in [0.2, 0.25) is 0 Å². The summed E-state index contributed by atoms with van der Waals surface area (Å²) in [5.74, 6) is 0. The Morgan fingerprint density at radius 1 is 1.27 bits per heavy atom. The second-order valence-corrected chi connectivity index (χ2v) is 3.64. The predicted octanol–water partition coefficient (Wildman–Crippen LogP) is 2.09. The van der Waals surface area contributed by atoms with Crippen molar-refractivity contribution >= 4 is 17.5 Å². The van der Waals surface area contributed by atoms with E-state index in [1.165, 1.54) is 15.3 Å². The van der Waals surface area contributed by atoms with Gasteiger partial charge >= 0.3 is 6.15 Å². The van der Waals surface area contributed by atoms with Crippen LogP contribution in [0.15, 0.2) is 6.07 Å². The Bertz CT molecular complexity index is 238. The molecule has 0 saturated carbocycles. The molecule has 3 heteroatoms. The second kappa shape index (κ2) is 4.83. The first-order valence-electron chi connectivity index (χ1n) is 3.14. The molecule has 1 aromatic heterocycles. The van der Waals surface area contributed by atoms with Crippen molar-refractivity contribution in [2.75, 3.05) is 0 Å². The van der Waals surface area contributed by atoms with Crippen LogP contribution < -0.4 is 0 Å². The summed E-state index contributed by atoms with van der Waals surface area (Å²) >= 11 is 1.87. The van der Waals surface area contributed by atoms with Gasteiger partial charge in [0.15, 0.2) is 0 Å². The highest BCUT2D eigenvalue weighted by atomic mass is 32.1. The van der Waals surface area contributed by atoms with Crippen molar-refractivity contribution in [3.05, 3.63) is 21.4 Å². The average Bonchev–Trinajstić information content (AvgIpc) is 2.12. The van der Waals surface area contributed by atoms with E-state index in [1.807, 2.05) is 11.3 Å². The van der Waals surface area contributed by atoms with Crippen LogP contribution in [0.5, 0.6) is 0 Å². The predicted molar refractivity (Wildman–Crippen MR) is 43.5 cm³/mol. The molecule has 0 saturated heterocycles. The van der Waals surface area contributed by atoms with E-state index in [2.05, 4.69) is 26.8 Å². The lowest BCUT2D eigenvalue weighted by Gasteiger charge is -1.79. The van der Waals surface area contributed by atoms with Crippen molar-refractivity contribution in [1.29, 1.82) is 0 Å². The lowest BCUT2D eigenvalue weighted by atomic mass is 10.3. The topological polar surface area (TPSA) is 34.1 Å². The molecule has 0 N–H and O–H groups in total. The summed E-state index contributed by atoms with van der Waals surface area (Å²) in [7, 11) is 0.